The number of ether oxygens (including phenoxy) is 3. The fourth-order valence-electron chi connectivity index (χ4n) is 8.02. The van der Waals surface area contributed by atoms with Gasteiger partial charge in [-0.2, -0.15) is 0 Å². The van der Waals surface area contributed by atoms with Crippen molar-refractivity contribution in [3.05, 3.63) is 24.3 Å². The van der Waals surface area contributed by atoms with Crippen molar-refractivity contribution in [3.63, 3.8) is 0 Å². The molecule has 364 valence electrons. The van der Waals surface area contributed by atoms with E-state index in [1.54, 1.807) is 0 Å². The molecule has 0 spiro atoms. The Balaban J connectivity index is 4.23. The van der Waals surface area contributed by atoms with E-state index >= 15 is 0 Å². The molecule has 1 unspecified atom stereocenters. The molecule has 0 N–H and O–H groups in total. The molecule has 0 fully saturated rings. The van der Waals surface area contributed by atoms with Gasteiger partial charge in [-0.25, -0.2) is 0 Å². The van der Waals surface area contributed by atoms with E-state index < -0.39 is 6.10 Å². The molecule has 0 aliphatic heterocycles. The Kier molecular flexibility index (Phi) is 49.8. The highest BCUT2D eigenvalue weighted by Crippen LogP contribution is 2.16. The van der Waals surface area contributed by atoms with E-state index in [1.807, 2.05) is 0 Å². The number of rotatable bonds is 50. The number of unbranched alkanes of at least 4 members (excludes halogenated alkanes) is 35. The zero-order chi connectivity index (χ0) is 45.1. The molecule has 0 rings (SSSR count). The Hall–Kier alpha value is -2.11. The molecular weight excluding hydrogens is 769 g/mol. The average molecular weight is 873 g/mol. The van der Waals surface area contributed by atoms with Gasteiger partial charge in [-0.3, -0.25) is 14.4 Å². The molecule has 0 saturated carbocycles. The maximum absolute atomic E-state index is 12.8. The van der Waals surface area contributed by atoms with Crippen molar-refractivity contribution < 1.29 is 28.6 Å². The summed E-state index contributed by atoms with van der Waals surface area (Å²) in [6, 6.07) is 0. The smallest absolute Gasteiger partial charge is 0.306 e. The summed E-state index contributed by atoms with van der Waals surface area (Å²) >= 11 is 0. The van der Waals surface area contributed by atoms with E-state index in [-0.39, 0.29) is 31.1 Å². The first-order chi connectivity index (χ1) is 30.5. The molecule has 1 atom stereocenters. The van der Waals surface area contributed by atoms with Crippen LogP contribution in [0.3, 0.4) is 0 Å². The van der Waals surface area contributed by atoms with Crippen LogP contribution in [0.25, 0.3) is 0 Å². The number of allylic oxidation sites excluding steroid dienone is 4. The van der Waals surface area contributed by atoms with Gasteiger partial charge in [0.25, 0.3) is 0 Å². The van der Waals surface area contributed by atoms with Gasteiger partial charge in [0.15, 0.2) is 6.10 Å². The first-order valence-corrected chi connectivity index (χ1v) is 27.3. The molecule has 0 aliphatic carbocycles. The van der Waals surface area contributed by atoms with Crippen LogP contribution in [0.2, 0.25) is 0 Å². The third-order valence-electron chi connectivity index (χ3n) is 12.2. The summed E-state index contributed by atoms with van der Waals surface area (Å²) in [5, 5.41) is 0. The summed E-state index contributed by atoms with van der Waals surface area (Å²) in [4.78, 5) is 37.9. The van der Waals surface area contributed by atoms with E-state index in [0.717, 1.165) is 64.2 Å². The minimum absolute atomic E-state index is 0.0718. The van der Waals surface area contributed by atoms with Crippen LogP contribution >= 0.6 is 0 Å². The van der Waals surface area contributed by atoms with Crippen molar-refractivity contribution >= 4 is 17.9 Å². The van der Waals surface area contributed by atoms with Gasteiger partial charge < -0.3 is 14.2 Å². The van der Waals surface area contributed by atoms with E-state index in [4.69, 9.17) is 14.2 Å². The molecule has 0 aromatic heterocycles. The Morgan fingerprint density at radius 2 is 0.532 bits per heavy atom. The minimum Gasteiger partial charge on any atom is -0.462 e. The first kappa shape index (κ1) is 59.9. The van der Waals surface area contributed by atoms with Crippen LogP contribution in [-0.4, -0.2) is 37.2 Å². The average Bonchev–Trinajstić information content (AvgIpc) is 3.27. The lowest BCUT2D eigenvalue weighted by molar-refractivity contribution is -0.167. The molecule has 0 heterocycles. The number of carbonyl (C=O) groups is 3. The van der Waals surface area contributed by atoms with E-state index in [1.165, 1.54) is 193 Å². The molecule has 0 aliphatic rings. The van der Waals surface area contributed by atoms with Crippen molar-refractivity contribution in [2.75, 3.05) is 13.2 Å². The molecule has 6 heteroatoms. The number of hydrogen-bond acceptors (Lipinski definition) is 6. The Morgan fingerprint density at radius 1 is 0.306 bits per heavy atom. The summed E-state index contributed by atoms with van der Waals surface area (Å²) < 4.78 is 16.8. The van der Waals surface area contributed by atoms with Gasteiger partial charge in [0.2, 0.25) is 0 Å². The summed E-state index contributed by atoms with van der Waals surface area (Å²) in [5.74, 6) is -0.872. The Labute approximate surface area is 385 Å². The van der Waals surface area contributed by atoms with Gasteiger partial charge in [0.1, 0.15) is 13.2 Å². The van der Waals surface area contributed by atoms with Gasteiger partial charge in [-0.05, 0) is 70.6 Å². The van der Waals surface area contributed by atoms with Crippen LogP contribution in [0.1, 0.15) is 297 Å². The quantitative estimate of drug-likeness (QED) is 0.0262. The highest BCUT2D eigenvalue weighted by molar-refractivity contribution is 5.71. The molecule has 62 heavy (non-hydrogen) atoms. The van der Waals surface area contributed by atoms with Gasteiger partial charge >= 0.3 is 17.9 Å². The number of esters is 3. The number of carbonyl (C=O) groups excluding carboxylic acids is 3. The molecular formula is C56H104O6. The standard InChI is InChI=1S/C56H104O6/c1-4-7-10-13-16-19-21-23-25-26-27-28-29-30-31-33-34-37-40-43-46-49-55(58)61-52-53(51-60-54(57)48-45-42-39-36-18-15-12-9-6-3)62-56(59)50-47-44-41-38-35-32-24-22-20-17-14-11-8-5-2/h22,24,26-27,53H,4-21,23,25,28-52H2,1-3H3/b24-22-,27-26-. The van der Waals surface area contributed by atoms with Gasteiger partial charge in [-0.1, -0.05) is 231 Å². The van der Waals surface area contributed by atoms with Crippen LogP contribution in [0.5, 0.6) is 0 Å². The van der Waals surface area contributed by atoms with Crippen molar-refractivity contribution in [2.45, 2.75) is 303 Å². The lowest BCUT2D eigenvalue weighted by Crippen LogP contribution is -2.30. The number of hydrogen-bond donors (Lipinski definition) is 0. The van der Waals surface area contributed by atoms with Crippen molar-refractivity contribution in [3.8, 4) is 0 Å². The van der Waals surface area contributed by atoms with Crippen LogP contribution in [0.4, 0.5) is 0 Å². The second-order valence-corrected chi connectivity index (χ2v) is 18.5. The second-order valence-electron chi connectivity index (χ2n) is 18.5. The van der Waals surface area contributed by atoms with E-state index in [0.29, 0.717) is 19.3 Å². The molecule has 6 nitrogen and oxygen atoms in total. The lowest BCUT2D eigenvalue weighted by atomic mass is 10.1. The maximum Gasteiger partial charge on any atom is 0.306 e. The van der Waals surface area contributed by atoms with E-state index in [2.05, 4.69) is 45.1 Å². The van der Waals surface area contributed by atoms with Crippen LogP contribution < -0.4 is 0 Å². The summed E-state index contributed by atoms with van der Waals surface area (Å²) in [5.41, 5.74) is 0. The minimum atomic E-state index is -0.771. The largest absolute Gasteiger partial charge is 0.462 e. The fourth-order valence-corrected chi connectivity index (χ4v) is 8.02. The Bertz CT molecular complexity index is 1000. The molecule has 0 radical (unpaired) electrons. The van der Waals surface area contributed by atoms with Crippen LogP contribution in [0.15, 0.2) is 24.3 Å². The van der Waals surface area contributed by atoms with Crippen LogP contribution in [-0.2, 0) is 28.6 Å². The summed E-state index contributed by atoms with van der Waals surface area (Å²) in [6.07, 6.45) is 58.9. The Morgan fingerprint density at radius 3 is 0.806 bits per heavy atom. The molecule has 0 saturated heterocycles. The normalized spacial score (nSPS) is 12.1. The fraction of sp³-hybridized carbons (Fsp3) is 0.875. The predicted molar refractivity (Wildman–Crippen MR) is 266 cm³/mol. The van der Waals surface area contributed by atoms with E-state index in [9.17, 15) is 14.4 Å². The third kappa shape index (κ3) is 48.9. The third-order valence-corrected chi connectivity index (χ3v) is 12.2. The second kappa shape index (κ2) is 51.5. The molecule has 0 aromatic carbocycles. The predicted octanol–water partition coefficient (Wildman–Crippen LogP) is 17.9. The van der Waals surface area contributed by atoms with Gasteiger partial charge in [0.05, 0.1) is 0 Å². The highest BCUT2D eigenvalue weighted by atomic mass is 16.6. The van der Waals surface area contributed by atoms with Crippen molar-refractivity contribution in [1.82, 2.24) is 0 Å². The summed E-state index contributed by atoms with van der Waals surface area (Å²) in [6.45, 7) is 6.63. The lowest BCUT2D eigenvalue weighted by Gasteiger charge is -2.18. The van der Waals surface area contributed by atoms with Crippen LogP contribution in [0, 0.1) is 0 Å². The topological polar surface area (TPSA) is 78.9 Å². The highest BCUT2D eigenvalue weighted by Gasteiger charge is 2.19. The zero-order valence-electron chi connectivity index (χ0n) is 41.7. The summed E-state index contributed by atoms with van der Waals surface area (Å²) in [7, 11) is 0. The SMILES string of the molecule is CCCCCCC/C=C\CCCCCCCC(=O)OC(COC(=O)CCCCCCCCCCC)COC(=O)CCCCCCCCCCC/C=C\CCCCCCCCCC. The molecule has 0 bridgehead atoms. The maximum atomic E-state index is 12.8. The first-order valence-electron chi connectivity index (χ1n) is 27.3. The molecule has 0 amide bonds. The van der Waals surface area contributed by atoms with Crippen molar-refractivity contribution in [2.24, 2.45) is 0 Å². The zero-order valence-corrected chi connectivity index (χ0v) is 41.7. The van der Waals surface area contributed by atoms with Gasteiger partial charge in [0, 0.05) is 19.3 Å². The molecule has 0 aromatic rings. The van der Waals surface area contributed by atoms with Crippen molar-refractivity contribution in [1.29, 1.82) is 0 Å². The van der Waals surface area contributed by atoms with Gasteiger partial charge in [-0.15, -0.1) is 0 Å². The monoisotopic (exact) mass is 873 g/mol.